The fourth-order valence-electron chi connectivity index (χ4n) is 1.52. The topological polar surface area (TPSA) is 111 Å². The second-order valence-electron chi connectivity index (χ2n) is 3.46. The van der Waals surface area contributed by atoms with Crippen molar-refractivity contribution < 1.29 is 13.2 Å². The molecule has 2 rings (SSSR count). The molecule has 0 saturated carbocycles. The average molecular weight is 232 g/mol. The van der Waals surface area contributed by atoms with Crippen molar-refractivity contribution in [1.29, 1.82) is 0 Å². The highest BCUT2D eigenvalue weighted by Crippen LogP contribution is 2.22. The summed E-state index contributed by atoms with van der Waals surface area (Å²) in [6, 6.07) is 0. The van der Waals surface area contributed by atoms with Gasteiger partial charge in [-0.05, 0) is 12.8 Å². The van der Waals surface area contributed by atoms with E-state index in [4.69, 9.17) is 9.88 Å². The lowest BCUT2D eigenvalue weighted by molar-refractivity contribution is 0.0781. The summed E-state index contributed by atoms with van der Waals surface area (Å²) < 4.78 is 27.1. The van der Waals surface area contributed by atoms with E-state index < -0.39 is 10.0 Å². The molecule has 15 heavy (non-hydrogen) atoms. The van der Waals surface area contributed by atoms with Crippen LogP contribution in [-0.4, -0.2) is 36.8 Å². The number of ether oxygens (including phenoxy) is 1. The second kappa shape index (κ2) is 3.87. The van der Waals surface area contributed by atoms with E-state index in [9.17, 15) is 8.42 Å². The quantitative estimate of drug-likeness (QED) is 0.703. The van der Waals surface area contributed by atoms with Crippen LogP contribution in [0.2, 0.25) is 0 Å². The molecule has 1 saturated heterocycles. The van der Waals surface area contributed by atoms with Crippen molar-refractivity contribution in [2.45, 2.75) is 23.9 Å². The van der Waals surface area contributed by atoms with Crippen LogP contribution in [0.3, 0.4) is 0 Å². The van der Waals surface area contributed by atoms with E-state index in [1.807, 2.05) is 0 Å². The van der Waals surface area contributed by atoms with Gasteiger partial charge in [-0.15, -0.1) is 5.10 Å². The molecule has 1 aliphatic rings. The molecule has 1 atom stereocenters. The Morgan fingerprint density at radius 3 is 2.87 bits per heavy atom. The van der Waals surface area contributed by atoms with Gasteiger partial charge in [0.15, 0.2) is 0 Å². The van der Waals surface area contributed by atoms with Gasteiger partial charge in [-0.2, -0.15) is 0 Å². The predicted molar refractivity (Wildman–Crippen MR) is 50.5 cm³/mol. The van der Waals surface area contributed by atoms with E-state index in [-0.39, 0.29) is 11.1 Å². The van der Waals surface area contributed by atoms with Crippen LogP contribution in [0.4, 0.5) is 0 Å². The smallest absolute Gasteiger partial charge is 0.282 e. The lowest BCUT2D eigenvalue weighted by Gasteiger charge is -2.19. The Morgan fingerprint density at radius 2 is 2.33 bits per heavy atom. The van der Waals surface area contributed by atoms with Crippen molar-refractivity contribution in [3.63, 3.8) is 0 Å². The van der Waals surface area contributed by atoms with Crippen molar-refractivity contribution in [3.8, 4) is 0 Å². The molecule has 1 aromatic heterocycles. The standard InChI is InChI=1S/C7H12N4O3S/c8-15(12,13)7-9-6(10-11-7)5-2-1-3-14-4-5/h5H,1-4H2,(H2,8,12,13)(H,9,10,11). The largest absolute Gasteiger partial charge is 0.381 e. The van der Waals surface area contributed by atoms with Gasteiger partial charge in [-0.3, -0.25) is 5.10 Å². The molecule has 7 nitrogen and oxygen atoms in total. The third-order valence-electron chi connectivity index (χ3n) is 2.28. The van der Waals surface area contributed by atoms with E-state index in [1.54, 1.807) is 0 Å². The monoisotopic (exact) mass is 232 g/mol. The van der Waals surface area contributed by atoms with Gasteiger partial charge in [-0.1, -0.05) is 0 Å². The van der Waals surface area contributed by atoms with E-state index in [0.29, 0.717) is 12.4 Å². The Hall–Kier alpha value is -0.990. The number of primary sulfonamides is 1. The molecule has 0 radical (unpaired) electrons. The maximum absolute atomic E-state index is 10.9. The Balaban J connectivity index is 2.19. The first-order valence-corrected chi connectivity index (χ1v) is 6.15. The number of aromatic amines is 1. The van der Waals surface area contributed by atoms with E-state index in [2.05, 4.69) is 15.2 Å². The van der Waals surface area contributed by atoms with Crippen LogP contribution < -0.4 is 5.14 Å². The number of sulfonamides is 1. The molecular weight excluding hydrogens is 220 g/mol. The molecule has 3 N–H and O–H groups in total. The molecule has 8 heteroatoms. The average Bonchev–Trinajstić information content (AvgIpc) is 2.67. The molecule has 1 unspecified atom stereocenters. The summed E-state index contributed by atoms with van der Waals surface area (Å²) >= 11 is 0. The Labute approximate surface area is 87.1 Å². The van der Waals surface area contributed by atoms with Gasteiger partial charge >= 0.3 is 0 Å². The number of hydrogen-bond donors (Lipinski definition) is 2. The third kappa shape index (κ3) is 2.33. The normalized spacial score (nSPS) is 22.9. The van der Waals surface area contributed by atoms with Crippen LogP contribution >= 0.6 is 0 Å². The van der Waals surface area contributed by atoms with Gasteiger partial charge in [0.1, 0.15) is 5.82 Å². The van der Waals surface area contributed by atoms with Crippen LogP contribution in [-0.2, 0) is 14.8 Å². The highest BCUT2D eigenvalue weighted by molar-refractivity contribution is 7.89. The number of nitrogens with one attached hydrogen (secondary N) is 1. The Bertz CT molecular complexity index is 435. The number of aromatic nitrogens is 3. The summed E-state index contributed by atoms with van der Waals surface area (Å²) in [5.74, 6) is 0.612. The fourth-order valence-corrected chi connectivity index (χ4v) is 1.92. The fraction of sp³-hybridized carbons (Fsp3) is 0.714. The van der Waals surface area contributed by atoms with Crippen LogP contribution in [0.25, 0.3) is 0 Å². The minimum atomic E-state index is -3.81. The highest BCUT2D eigenvalue weighted by Gasteiger charge is 2.22. The van der Waals surface area contributed by atoms with E-state index >= 15 is 0 Å². The Kier molecular flexibility index (Phi) is 2.72. The molecule has 0 aliphatic carbocycles. The number of H-pyrrole nitrogens is 1. The number of hydrogen-bond acceptors (Lipinski definition) is 5. The number of rotatable bonds is 2. The van der Waals surface area contributed by atoms with Gasteiger partial charge in [0.05, 0.1) is 6.61 Å². The van der Waals surface area contributed by atoms with E-state index in [0.717, 1.165) is 19.4 Å². The zero-order valence-electron chi connectivity index (χ0n) is 8.01. The number of nitrogens with two attached hydrogens (primary N) is 1. The van der Waals surface area contributed by atoms with Crippen molar-refractivity contribution in [2.24, 2.45) is 5.14 Å². The molecule has 1 fully saturated rings. The third-order valence-corrected chi connectivity index (χ3v) is 2.98. The lowest BCUT2D eigenvalue weighted by atomic mass is 10.0. The van der Waals surface area contributed by atoms with Crippen LogP contribution in [0.5, 0.6) is 0 Å². The molecule has 0 amide bonds. The summed E-state index contributed by atoms with van der Waals surface area (Å²) in [6.07, 6.45) is 1.86. The molecule has 84 valence electrons. The summed E-state index contributed by atoms with van der Waals surface area (Å²) in [4.78, 5) is 3.85. The van der Waals surface area contributed by atoms with Crippen LogP contribution in [0.15, 0.2) is 5.16 Å². The van der Waals surface area contributed by atoms with Crippen molar-refractivity contribution >= 4 is 10.0 Å². The van der Waals surface area contributed by atoms with Gasteiger partial charge in [0, 0.05) is 12.5 Å². The molecule has 0 bridgehead atoms. The minimum Gasteiger partial charge on any atom is -0.381 e. The summed E-state index contributed by atoms with van der Waals surface area (Å²) in [7, 11) is -3.81. The van der Waals surface area contributed by atoms with Crippen molar-refractivity contribution in [1.82, 2.24) is 15.2 Å². The lowest BCUT2D eigenvalue weighted by Crippen LogP contribution is -2.17. The van der Waals surface area contributed by atoms with Crippen LogP contribution in [0.1, 0.15) is 24.6 Å². The predicted octanol–water partition coefficient (Wildman–Crippen LogP) is -0.654. The van der Waals surface area contributed by atoms with Gasteiger partial charge in [-0.25, -0.2) is 18.5 Å². The Morgan fingerprint density at radius 1 is 1.53 bits per heavy atom. The maximum Gasteiger partial charge on any atom is 0.282 e. The summed E-state index contributed by atoms with van der Waals surface area (Å²) in [5.41, 5.74) is 0. The first kappa shape index (κ1) is 10.5. The van der Waals surface area contributed by atoms with Crippen LogP contribution in [0, 0.1) is 0 Å². The second-order valence-corrected chi connectivity index (χ2v) is 4.92. The first-order chi connectivity index (χ1) is 7.07. The highest BCUT2D eigenvalue weighted by atomic mass is 32.2. The van der Waals surface area contributed by atoms with Crippen molar-refractivity contribution in [3.05, 3.63) is 5.82 Å². The molecule has 0 spiro atoms. The van der Waals surface area contributed by atoms with Crippen molar-refractivity contribution in [2.75, 3.05) is 13.2 Å². The van der Waals surface area contributed by atoms with Gasteiger partial charge in [0.2, 0.25) is 0 Å². The SMILES string of the molecule is NS(=O)(=O)c1n[nH]c(C2CCCOC2)n1. The number of nitrogens with zero attached hydrogens (tertiary/aromatic N) is 2. The maximum atomic E-state index is 10.9. The molecule has 2 heterocycles. The van der Waals surface area contributed by atoms with Gasteiger partial charge < -0.3 is 4.74 Å². The van der Waals surface area contributed by atoms with Gasteiger partial charge in [0.25, 0.3) is 15.2 Å². The summed E-state index contributed by atoms with van der Waals surface area (Å²) in [5, 5.41) is 10.7. The van der Waals surface area contributed by atoms with E-state index in [1.165, 1.54) is 0 Å². The minimum absolute atomic E-state index is 0.0850. The summed E-state index contributed by atoms with van der Waals surface area (Å²) in [6.45, 7) is 1.28. The first-order valence-electron chi connectivity index (χ1n) is 4.60. The molecule has 1 aromatic rings. The molecule has 0 aromatic carbocycles. The molecular formula is C7H12N4O3S. The zero-order chi connectivity index (χ0) is 10.9. The zero-order valence-corrected chi connectivity index (χ0v) is 8.83. The molecule has 1 aliphatic heterocycles.